The summed E-state index contributed by atoms with van der Waals surface area (Å²) in [6.45, 7) is 4.56. The van der Waals surface area contributed by atoms with Crippen LogP contribution in [0.15, 0.2) is 22.7 Å². The maximum absolute atomic E-state index is 13.4. The normalized spacial score (nSPS) is 10.6. The number of nitrogens with zero attached hydrogens (tertiary/aromatic N) is 1. The van der Waals surface area contributed by atoms with Gasteiger partial charge in [-0.1, -0.05) is 29.8 Å². The van der Waals surface area contributed by atoms with Crippen molar-refractivity contribution in [3.63, 3.8) is 0 Å². The lowest BCUT2D eigenvalue weighted by atomic mass is 10.2. The maximum Gasteiger partial charge on any atom is 0.260 e. The van der Waals surface area contributed by atoms with E-state index in [0.717, 1.165) is 0 Å². The number of ether oxygens (including phenoxy) is 1. The molecular formula is C13H17BrFNO2. The summed E-state index contributed by atoms with van der Waals surface area (Å²) in [6, 6.07) is 4.47. The van der Waals surface area contributed by atoms with E-state index >= 15 is 0 Å². The standard InChI is InChI=1S/C13H17BrFNO2/c1-9(2)7-16(3)13(17)8-18-12-5-4-10(14)6-11(12)15/h4-6,9H,7-8H2,1-3H3. The summed E-state index contributed by atoms with van der Waals surface area (Å²) in [5.41, 5.74) is 0. The number of carbonyl (C=O) groups is 1. The fourth-order valence-electron chi connectivity index (χ4n) is 1.49. The van der Waals surface area contributed by atoms with Crippen LogP contribution in [0.1, 0.15) is 13.8 Å². The van der Waals surface area contributed by atoms with E-state index in [9.17, 15) is 9.18 Å². The molecule has 1 amide bonds. The topological polar surface area (TPSA) is 29.5 Å². The fourth-order valence-corrected chi connectivity index (χ4v) is 1.82. The number of hydrogen-bond acceptors (Lipinski definition) is 2. The molecule has 0 spiro atoms. The summed E-state index contributed by atoms with van der Waals surface area (Å²) < 4.78 is 19.2. The van der Waals surface area contributed by atoms with Gasteiger partial charge in [-0.15, -0.1) is 0 Å². The molecule has 0 aromatic heterocycles. The number of likely N-dealkylation sites (N-methyl/N-ethyl adjacent to an activating group) is 1. The van der Waals surface area contributed by atoms with Gasteiger partial charge in [-0.2, -0.15) is 0 Å². The van der Waals surface area contributed by atoms with Crippen LogP contribution in [0, 0.1) is 11.7 Å². The second-order valence-corrected chi connectivity index (χ2v) is 5.45. The van der Waals surface area contributed by atoms with E-state index in [-0.39, 0.29) is 18.3 Å². The smallest absolute Gasteiger partial charge is 0.260 e. The third-order valence-corrected chi connectivity index (χ3v) is 2.80. The molecule has 0 bridgehead atoms. The van der Waals surface area contributed by atoms with Gasteiger partial charge >= 0.3 is 0 Å². The van der Waals surface area contributed by atoms with Gasteiger partial charge in [0.1, 0.15) is 0 Å². The highest BCUT2D eigenvalue weighted by molar-refractivity contribution is 9.10. The van der Waals surface area contributed by atoms with Crippen molar-refractivity contribution < 1.29 is 13.9 Å². The van der Waals surface area contributed by atoms with Crippen molar-refractivity contribution in [2.24, 2.45) is 5.92 Å². The summed E-state index contributed by atoms with van der Waals surface area (Å²) in [5, 5.41) is 0. The van der Waals surface area contributed by atoms with Gasteiger partial charge in [0, 0.05) is 18.1 Å². The molecule has 0 unspecified atom stereocenters. The van der Waals surface area contributed by atoms with Crippen LogP contribution >= 0.6 is 15.9 Å². The third-order valence-electron chi connectivity index (χ3n) is 2.31. The van der Waals surface area contributed by atoms with Crippen LogP contribution in [0.25, 0.3) is 0 Å². The number of benzene rings is 1. The summed E-state index contributed by atoms with van der Waals surface area (Å²) in [7, 11) is 1.71. The molecular weight excluding hydrogens is 301 g/mol. The Hall–Kier alpha value is -1.10. The molecule has 100 valence electrons. The second-order valence-electron chi connectivity index (χ2n) is 4.53. The van der Waals surface area contributed by atoms with Crippen LogP contribution in [0.2, 0.25) is 0 Å². The van der Waals surface area contributed by atoms with E-state index in [4.69, 9.17) is 4.74 Å². The van der Waals surface area contributed by atoms with Crippen LogP contribution in [-0.2, 0) is 4.79 Å². The molecule has 3 nitrogen and oxygen atoms in total. The monoisotopic (exact) mass is 317 g/mol. The molecule has 18 heavy (non-hydrogen) atoms. The van der Waals surface area contributed by atoms with Crippen LogP contribution in [0.4, 0.5) is 4.39 Å². The highest BCUT2D eigenvalue weighted by atomic mass is 79.9. The Balaban J connectivity index is 2.52. The minimum atomic E-state index is -0.483. The highest BCUT2D eigenvalue weighted by Gasteiger charge is 2.12. The Morgan fingerprint density at radius 3 is 2.72 bits per heavy atom. The Morgan fingerprint density at radius 1 is 1.50 bits per heavy atom. The first-order valence-electron chi connectivity index (χ1n) is 5.72. The van der Waals surface area contributed by atoms with Gasteiger partial charge in [0.25, 0.3) is 5.91 Å². The Bertz CT molecular complexity index is 423. The zero-order valence-electron chi connectivity index (χ0n) is 10.7. The summed E-state index contributed by atoms with van der Waals surface area (Å²) >= 11 is 3.16. The molecule has 0 saturated heterocycles. The molecule has 1 aromatic carbocycles. The first-order valence-corrected chi connectivity index (χ1v) is 6.51. The number of rotatable bonds is 5. The average Bonchev–Trinajstić information content (AvgIpc) is 2.26. The van der Waals surface area contributed by atoms with Gasteiger partial charge in [0.2, 0.25) is 0 Å². The minimum absolute atomic E-state index is 0.0875. The Labute approximate surface area is 115 Å². The van der Waals surface area contributed by atoms with Crippen molar-refractivity contribution in [1.82, 2.24) is 4.90 Å². The van der Waals surface area contributed by atoms with E-state index in [2.05, 4.69) is 15.9 Å². The van der Waals surface area contributed by atoms with Crippen molar-refractivity contribution >= 4 is 21.8 Å². The molecule has 1 aromatic rings. The lowest BCUT2D eigenvalue weighted by Crippen LogP contribution is -2.34. The van der Waals surface area contributed by atoms with Crippen molar-refractivity contribution in [1.29, 1.82) is 0 Å². The first-order chi connectivity index (χ1) is 8.40. The molecule has 0 heterocycles. The molecule has 0 N–H and O–H groups in total. The molecule has 0 atom stereocenters. The zero-order valence-corrected chi connectivity index (χ0v) is 12.3. The minimum Gasteiger partial charge on any atom is -0.481 e. The number of carbonyl (C=O) groups excluding carboxylic acids is 1. The van der Waals surface area contributed by atoms with Crippen LogP contribution in [-0.4, -0.2) is 31.0 Å². The lowest BCUT2D eigenvalue weighted by molar-refractivity contribution is -0.132. The Kier molecular flexibility index (Phi) is 5.59. The number of amides is 1. The summed E-state index contributed by atoms with van der Waals surface area (Å²) in [6.07, 6.45) is 0. The van der Waals surface area contributed by atoms with Gasteiger partial charge in [-0.05, 0) is 24.1 Å². The largest absolute Gasteiger partial charge is 0.481 e. The molecule has 0 radical (unpaired) electrons. The van der Waals surface area contributed by atoms with E-state index < -0.39 is 5.82 Å². The van der Waals surface area contributed by atoms with Crippen LogP contribution < -0.4 is 4.74 Å². The lowest BCUT2D eigenvalue weighted by Gasteiger charge is -2.19. The summed E-state index contributed by atoms with van der Waals surface area (Å²) in [4.78, 5) is 13.3. The predicted octanol–water partition coefficient (Wildman–Crippen LogP) is 3.08. The maximum atomic E-state index is 13.4. The van der Waals surface area contributed by atoms with E-state index in [0.29, 0.717) is 16.9 Å². The molecule has 0 aliphatic carbocycles. The van der Waals surface area contributed by atoms with Crippen molar-refractivity contribution in [3.05, 3.63) is 28.5 Å². The zero-order chi connectivity index (χ0) is 13.7. The van der Waals surface area contributed by atoms with Gasteiger partial charge in [-0.25, -0.2) is 4.39 Å². The van der Waals surface area contributed by atoms with Gasteiger partial charge in [0.15, 0.2) is 18.2 Å². The third kappa shape index (κ3) is 4.64. The molecule has 0 aliphatic rings. The van der Waals surface area contributed by atoms with Gasteiger partial charge in [0.05, 0.1) is 0 Å². The number of halogens is 2. The first kappa shape index (κ1) is 15.0. The molecule has 1 rings (SSSR count). The van der Waals surface area contributed by atoms with Crippen LogP contribution in [0.5, 0.6) is 5.75 Å². The SMILES string of the molecule is CC(C)CN(C)C(=O)COc1ccc(Br)cc1F. The van der Waals surface area contributed by atoms with Crippen LogP contribution in [0.3, 0.4) is 0 Å². The van der Waals surface area contributed by atoms with Crippen molar-refractivity contribution in [3.8, 4) is 5.75 Å². The molecule has 5 heteroatoms. The average molecular weight is 318 g/mol. The molecule has 0 fully saturated rings. The Morgan fingerprint density at radius 2 is 2.17 bits per heavy atom. The predicted molar refractivity (Wildman–Crippen MR) is 72.1 cm³/mol. The van der Waals surface area contributed by atoms with Crippen molar-refractivity contribution in [2.45, 2.75) is 13.8 Å². The second kappa shape index (κ2) is 6.73. The number of hydrogen-bond donors (Lipinski definition) is 0. The van der Waals surface area contributed by atoms with E-state index in [1.807, 2.05) is 13.8 Å². The fraction of sp³-hybridized carbons (Fsp3) is 0.462. The van der Waals surface area contributed by atoms with Crippen molar-refractivity contribution in [2.75, 3.05) is 20.2 Å². The molecule has 0 aliphatic heterocycles. The molecule has 0 saturated carbocycles. The highest BCUT2D eigenvalue weighted by Crippen LogP contribution is 2.21. The van der Waals surface area contributed by atoms with Gasteiger partial charge < -0.3 is 9.64 Å². The summed E-state index contributed by atoms with van der Waals surface area (Å²) in [5.74, 6) is -0.164. The quantitative estimate of drug-likeness (QED) is 0.835. The van der Waals surface area contributed by atoms with E-state index in [1.165, 1.54) is 12.1 Å². The van der Waals surface area contributed by atoms with Gasteiger partial charge in [-0.3, -0.25) is 4.79 Å². The van der Waals surface area contributed by atoms with E-state index in [1.54, 1.807) is 18.0 Å².